The Morgan fingerprint density at radius 2 is 1.86 bits per heavy atom. The van der Waals surface area contributed by atoms with Crippen molar-refractivity contribution >= 4 is 17.5 Å². The zero-order valence-electron chi connectivity index (χ0n) is 15.8. The molecule has 2 aliphatic rings. The average Bonchev–Trinajstić information content (AvgIpc) is 3.03. The fourth-order valence-electron chi connectivity index (χ4n) is 3.82. The Kier molecular flexibility index (Phi) is 6.03. The number of hydrogen-bond acceptors (Lipinski definition) is 4. The molecule has 0 spiro atoms. The van der Waals surface area contributed by atoms with Crippen molar-refractivity contribution in [3.8, 4) is 11.5 Å². The Labute approximate surface area is 170 Å². The first-order valence-electron chi connectivity index (χ1n) is 9.84. The van der Waals surface area contributed by atoms with Gasteiger partial charge in [0.2, 0.25) is 5.91 Å². The van der Waals surface area contributed by atoms with E-state index in [1.807, 2.05) is 30.3 Å². The Hall–Kier alpha value is -2.24. The summed E-state index contributed by atoms with van der Waals surface area (Å²) >= 11 is 5.90. The molecule has 0 bridgehead atoms. The van der Waals surface area contributed by atoms with Crippen LogP contribution in [0.15, 0.2) is 42.5 Å². The maximum absolute atomic E-state index is 12.5. The maximum atomic E-state index is 12.5. The molecule has 0 aromatic heterocycles. The van der Waals surface area contributed by atoms with Gasteiger partial charge in [-0.3, -0.25) is 9.69 Å². The molecule has 0 aliphatic carbocycles. The van der Waals surface area contributed by atoms with E-state index in [1.54, 1.807) is 0 Å². The molecule has 2 heterocycles. The quantitative estimate of drug-likeness (QED) is 0.825. The minimum atomic E-state index is 0.0381. The minimum absolute atomic E-state index is 0.0381. The minimum Gasteiger partial charge on any atom is -0.490 e. The molecule has 4 rings (SSSR count). The molecule has 5 nitrogen and oxygen atoms in total. The number of carbonyl (C=O) groups is 1. The first kappa shape index (κ1) is 19.1. The van der Waals surface area contributed by atoms with E-state index < -0.39 is 0 Å². The SMILES string of the molecule is O=C(CN1CCC[C@@H]1c1ccc2c(c1)OCCCO2)NCc1ccc(Cl)cc1. The Morgan fingerprint density at radius 3 is 2.68 bits per heavy atom. The molecule has 2 aliphatic heterocycles. The van der Waals surface area contributed by atoms with Gasteiger partial charge in [0.05, 0.1) is 19.8 Å². The molecule has 6 heteroatoms. The topological polar surface area (TPSA) is 50.8 Å². The van der Waals surface area contributed by atoms with Gasteiger partial charge in [-0.1, -0.05) is 29.8 Å². The van der Waals surface area contributed by atoms with Gasteiger partial charge in [-0.2, -0.15) is 0 Å². The molecule has 0 saturated carbocycles. The molecular weight excluding hydrogens is 376 g/mol. The zero-order valence-corrected chi connectivity index (χ0v) is 16.6. The lowest BCUT2D eigenvalue weighted by Crippen LogP contribution is -2.36. The van der Waals surface area contributed by atoms with E-state index in [2.05, 4.69) is 22.3 Å². The number of nitrogens with zero attached hydrogens (tertiary/aromatic N) is 1. The standard InChI is InChI=1S/C22H25ClN2O3/c23-18-7-4-16(5-8-18)14-24-22(26)15-25-10-1-3-19(25)17-6-9-20-21(13-17)28-12-2-11-27-20/h4-9,13,19H,1-3,10-12,14-15H2,(H,24,26)/t19-/m1/s1. The lowest BCUT2D eigenvalue weighted by molar-refractivity contribution is -0.122. The van der Waals surface area contributed by atoms with Crippen LogP contribution in [-0.4, -0.2) is 37.1 Å². The number of halogens is 1. The van der Waals surface area contributed by atoms with Crippen molar-refractivity contribution in [3.05, 3.63) is 58.6 Å². The fourth-order valence-corrected chi connectivity index (χ4v) is 3.95. The van der Waals surface area contributed by atoms with Crippen LogP contribution in [0.1, 0.15) is 36.4 Å². The highest BCUT2D eigenvalue weighted by molar-refractivity contribution is 6.30. The van der Waals surface area contributed by atoms with Crippen molar-refractivity contribution < 1.29 is 14.3 Å². The number of fused-ring (bicyclic) bond motifs is 1. The third kappa shape index (κ3) is 4.59. The molecule has 1 fully saturated rings. The van der Waals surface area contributed by atoms with E-state index >= 15 is 0 Å². The molecule has 1 amide bonds. The van der Waals surface area contributed by atoms with Crippen LogP contribution >= 0.6 is 11.6 Å². The summed E-state index contributed by atoms with van der Waals surface area (Å²) in [5, 5.41) is 3.71. The lowest BCUT2D eigenvalue weighted by atomic mass is 10.0. The largest absolute Gasteiger partial charge is 0.490 e. The summed E-state index contributed by atoms with van der Waals surface area (Å²) in [7, 11) is 0. The molecule has 1 saturated heterocycles. The monoisotopic (exact) mass is 400 g/mol. The molecule has 2 aromatic rings. The zero-order chi connectivity index (χ0) is 19.3. The molecule has 1 atom stereocenters. The van der Waals surface area contributed by atoms with Gasteiger partial charge in [-0.05, 0) is 54.8 Å². The number of hydrogen-bond donors (Lipinski definition) is 1. The number of likely N-dealkylation sites (tertiary alicyclic amines) is 1. The number of nitrogens with one attached hydrogen (secondary N) is 1. The summed E-state index contributed by atoms with van der Waals surface area (Å²) in [5.74, 6) is 1.66. The summed E-state index contributed by atoms with van der Waals surface area (Å²) < 4.78 is 11.6. The fraction of sp³-hybridized carbons (Fsp3) is 0.409. The molecule has 0 radical (unpaired) electrons. The number of benzene rings is 2. The van der Waals surface area contributed by atoms with Gasteiger partial charge < -0.3 is 14.8 Å². The van der Waals surface area contributed by atoms with Crippen LogP contribution in [-0.2, 0) is 11.3 Å². The van der Waals surface area contributed by atoms with Crippen LogP contribution < -0.4 is 14.8 Å². The smallest absolute Gasteiger partial charge is 0.234 e. The van der Waals surface area contributed by atoms with Crippen LogP contribution in [0.3, 0.4) is 0 Å². The summed E-state index contributed by atoms with van der Waals surface area (Å²) in [6, 6.07) is 13.9. The van der Waals surface area contributed by atoms with Gasteiger partial charge in [0, 0.05) is 24.0 Å². The molecule has 28 heavy (non-hydrogen) atoms. The van der Waals surface area contributed by atoms with E-state index in [1.165, 1.54) is 5.56 Å². The summed E-state index contributed by atoms with van der Waals surface area (Å²) in [5.41, 5.74) is 2.23. The van der Waals surface area contributed by atoms with E-state index in [0.717, 1.165) is 42.9 Å². The normalized spacial score (nSPS) is 19.2. The molecule has 1 N–H and O–H groups in total. The molecule has 0 unspecified atom stereocenters. The van der Waals surface area contributed by atoms with E-state index in [0.29, 0.717) is 31.3 Å². The number of ether oxygens (including phenoxy) is 2. The third-order valence-corrected chi connectivity index (χ3v) is 5.52. The van der Waals surface area contributed by atoms with Crippen molar-refractivity contribution in [3.63, 3.8) is 0 Å². The Morgan fingerprint density at radius 1 is 1.07 bits per heavy atom. The third-order valence-electron chi connectivity index (χ3n) is 5.27. The van der Waals surface area contributed by atoms with Gasteiger partial charge in [-0.25, -0.2) is 0 Å². The second-order valence-electron chi connectivity index (χ2n) is 7.29. The van der Waals surface area contributed by atoms with Crippen molar-refractivity contribution in [2.45, 2.75) is 31.8 Å². The predicted octanol–water partition coefficient (Wildman–Crippen LogP) is 3.95. The number of rotatable bonds is 5. The van der Waals surface area contributed by atoms with E-state index in [9.17, 15) is 4.79 Å². The average molecular weight is 401 g/mol. The highest BCUT2D eigenvalue weighted by Crippen LogP contribution is 2.37. The Balaban J connectivity index is 1.37. The second kappa shape index (κ2) is 8.84. The van der Waals surface area contributed by atoms with Crippen LogP contribution in [0.5, 0.6) is 11.5 Å². The van der Waals surface area contributed by atoms with Crippen LogP contribution in [0.25, 0.3) is 0 Å². The summed E-state index contributed by atoms with van der Waals surface area (Å²) in [6.07, 6.45) is 3.03. The summed E-state index contributed by atoms with van der Waals surface area (Å²) in [4.78, 5) is 14.7. The van der Waals surface area contributed by atoms with Gasteiger partial charge in [0.15, 0.2) is 11.5 Å². The highest BCUT2D eigenvalue weighted by atomic mass is 35.5. The van der Waals surface area contributed by atoms with E-state index in [4.69, 9.17) is 21.1 Å². The van der Waals surface area contributed by atoms with Crippen molar-refractivity contribution in [1.82, 2.24) is 10.2 Å². The summed E-state index contributed by atoms with van der Waals surface area (Å²) in [6.45, 7) is 3.20. The molecular formula is C22H25ClN2O3. The van der Waals surface area contributed by atoms with Gasteiger partial charge >= 0.3 is 0 Å². The maximum Gasteiger partial charge on any atom is 0.234 e. The van der Waals surface area contributed by atoms with Gasteiger partial charge in [0.1, 0.15) is 0 Å². The van der Waals surface area contributed by atoms with Crippen LogP contribution in [0.2, 0.25) is 5.02 Å². The first-order valence-corrected chi connectivity index (χ1v) is 10.2. The van der Waals surface area contributed by atoms with Crippen molar-refractivity contribution in [2.24, 2.45) is 0 Å². The molecule has 148 valence electrons. The van der Waals surface area contributed by atoms with E-state index in [-0.39, 0.29) is 11.9 Å². The number of amides is 1. The van der Waals surface area contributed by atoms with Crippen molar-refractivity contribution in [2.75, 3.05) is 26.3 Å². The Bertz CT molecular complexity index is 825. The predicted molar refractivity (Wildman–Crippen MR) is 109 cm³/mol. The van der Waals surface area contributed by atoms with Crippen LogP contribution in [0.4, 0.5) is 0 Å². The van der Waals surface area contributed by atoms with Crippen molar-refractivity contribution in [1.29, 1.82) is 0 Å². The molecule has 2 aromatic carbocycles. The lowest BCUT2D eigenvalue weighted by Gasteiger charge is -2.25. The number of carbonyl (C=O) groups excluding carboxylic acids is 1. The first-order chi connectivity index (χ1) is 13.7. The van der Waals surface area contributed by atoms with Gasteiger partial charge in [-0.15, -0.1) is 0 Å². The highest BCUT2D eigenvalue weighted by Gasteiger charge is 2.28. The van der Waals surface area contributed by atoms with Crippen LogP contribution in [0, 0.1) is 0 Å². The van der Waals surface area contributed by atoms with Gasteiger partial charge in [0.25, 0.3) is 0 Å². The second-order valence-corrected chi connectivity index (χ2v) is 7.72.